The fourth-order valence-corrected chi connectivity index (χ4v) is 2.80. The van der Waals surface area contributed by atoms with Crippen molar-refractivity contribution in [3.05, 3.63) is 65.2 Å². The van der Waals surface area contributed by atoms with Crippen LogP contribution >= 0.6 is 11.6 Å². The van der Waals surface area contributed by atoms with Gasteiger partial charge in [0.1, 0.15) is 5.82 Å². The Balaban J connectivity index is 1.98. The van der Waals surface area contributed by atoms with Crippen LogP contribution in [0.15, 0.2) is 54.6 Å². The molecule has 0 aliphatic heterocycles. The Labute approximate surface area is 127 Å². The first kappa shape index (κ1) is 12.4. The first-order valence-electron chi connectivity index (χ1n) is 6.86. The third-order valence-corrected chi connectivity index (χ3v) is 4.23. The summed E-state index contributed by atoms with van der Waals surface area (Å²) in [5, 5.41) is 3.12. The zero-order chi connectivity index (χ0) is 14.4. The number of H-pyrrole nitrogens is 1. The summed E-state index contributed by atoms with van der Waals surface area (Å²) in [7, 11) is 0. The van der Waals surface area contributed by atoms with Crippen LogP contribution in [0.5, 0.6) is 0 Å². The fourth-order valence-electron chi connectivity index (χ4n) is 2.62. The number of aromatic nitrogens is 2. The van der Waals surface area contributed by atoms with E-state index < -0.39 is 0 Å². The number of nitrogens with zero attached hydrogens (tertiary/aromatic N) is 1. The number of benzene rings is 3. The van der Waals surface area contributed by atoms with Gasteiger partial charge in [-0.2, -0.15) is 0 Å². The van der Waals surface area contributed by atoms with Crippen LogP contribution < -0.4 is 0 Å². The van der Waals surface area contributed by atoms with Crippen LogP contribution in [-0.4, -0.2) is 9.97 Å². The quantitative estimate of drug-likeness (QED) is 0.503. The van der Waals surface area contributed by atoms with Gasteiger partial charge in [-0.25, -0.2) is 4.98 Å². The zero-order valence-corrected chi connectivity index (χ0v) is 12.3. The maximum absolute atomic E-state index is 6.22. The molecule has 0 saturated carbocycles. The van der Waals surface area contributed by atoms with Gasteiger partial charge in [0, 0.05) is 16.0 Å². The van der Waals surface area contributed by atoms with Crippen LogP contribution in [0.1, 0.15) is 5.56 Å². The van der Waals surface area contributed by atoms with Gasteiger partial charge in [0.25, 0.3) is 0 Å². The van der Waals surface area contributed by atoms with Crippen LogP contribution in [0.25, 0.3) is 33.2 Å². The normalized spacial score (nSPS) is 11.3. The molecule has 0 aliphatic rings. The topological polar surface area (TPSA) is 28.7 Å². The molecule has 4 aromatic rings. The lowest BCUT2D eigenvalue weighted by atomic mass is 10.1. The number of aromatic amines is 1. The molecule has 0 fully saturated rings. The van der Waals surface area contributed by atoms with E-state index in [2.05, 4.69) is 29.2 Å². The first-order valence-corrected chi connectivity index (χ1v) is 7.24. The standard InChI is InChI=1S/C18H13ClN2/c1-11-6-7-13(10-15(11)19)18-20-16-9-8-12-4-2-3-5-14(12)17(16)21-18/h2-10H,1H3,(H,20,21). The minimum atomic E-state index is 0.762. The average molecular weight is 293 g/mol. The third kappa shape index (κ3) is 1.99. The van der Waals surface area contributed by atoms with E-state index in [1.807, 2.05) is 37.3 Å². The molecule has 3 heteroatoms. The maximum atomic E-state index is 6.22. The molecule has 0 amide bonds. The lowest BCUT2D eigenvalue weighted by molar-refractivity contribution is 1.33. The summed E-state index contributed by atoms with van der Waals surface area (Å²) < 4.78 is 0. The molecule has 0 unspecified atom stereocenters. The minimum Gasteiger partial charge on any atom is -0.338 e. The molecule has 0 saturated heterocycles. The van der Waals surface area contributed by atoms with E-state index in [9.17, 15) is 0 Å². The van der Waals surface area contributed by atoms with Crippen molar-refractivity contribution in [3.63, 3.8) is 0 Å². The SMILES string of the molecule is Cc1ccc(-c2nc3c(ccc4ccccc43)[nH]2)cc1Cl. The van der Waals surface area contributed by atoms with E-state index >= 15 is 0 Å². The van der Waals surface area contributed by atoms with E-state index in [0.29, 0.717) is 0 Å². The zero-order valence-electron chi connectivity index (χ0n) is 11.5. The number of fused-ring (bicyclic) bond motifs is 3. The average Bonchev–Trinajstić information content (AvgIpc) is 2.94. The number of halogens is 1. The van der Waals surface area contributed by atoms with Gasteiger partial charge in [0.05, 0.1) is 11.0 Å². The molecule has 0 aliphatic carbocycles. The number of imidazole rings is 1. The molecule has 3 aromatic carbocycles. The fraction of sp³-hybridized carbons (Fsp3) is 0.0556. The number of hydrogen-bond acceptors (Lipinski definition) is 1. The van der Waals surface area contributed by atoms with Crippen molar-refractivity contribution >= 4 is 33.4 Å². The van der Waals surface area contributed by atoms with E-state index in [4.69, 9.17) is 16.6 Å². The van der Waals surface area contributed by atoms with Crippen molar-refractivity contribution < 1.29 is 0 Å². The van der Waals surface area contributed by atoms with Crippen LogP contribution in [0.4, 0.5) is 0 Å². The number of nitrogens with one attached hydrogen (secondary N) is 1. The van der Waals surface area contributed by atoms with Crippen molar-refractivity contribution in [3.8, 4) is 11.4 Å². The molecule has 0 bridgehead atoms. The van der Waals surface area contributed by atoms with Crippen LogP contribution in [0, 0.1) is 6.92 Å². The Morgan fingerprint density at radius 2 is 1.86 bits per heavy atom. The van der Waals surface area contributed by atoms with Crippen molar-refractivity contribution in [1.29, 1.82) is 0 Å². The van der Waals surface area contributed by atoms with Gasteiger partial charge in [-0.05, 0) is 30.0 Å². The molecule has 0 radical (unpaired) electrons. The highest BCUT2D eigenvalue weighted by Gasteiger charge is 2.09. The lowest BCUT2D eigenvalue weighted by Gasteiger charge is -2.00. The Morgan fingerprint density at radius 3 is 2.71 bits per heavy atom. The second-order valence-corrected chi connectivity index (χ2v) is 5.64. The molecule has 2 nitrogen and oxygen atoms in total. The summed E-state index contributed by atoms with van der Waals surface area (Å²) in [5.41, 5.74) is 4.12. The highest BCUT2D eigenvalue weighted by molar-refractivity contribution is 6.31. The molecule has 21 heavy (non-hydrogen) atoms. The Hall–Kier alpha value is -2.32. The van der Waals surface area contributed by atoms with Gasteiger partial charge in [-0.3, -0.25) is 0 Å². The van der Waals surface area contributed by atoms with E-state index in [1.165, 1.54) is 5.39 Å². The van der Waals surface area contributed by atoms with Crippen molar-refractivity contribution in [2.24, 2.45) is 0 Å². The molecule has 0 spiro atoms. The second-order valence-electron chi connectivity index (χ2n) is 5.23. The summed E-state index contributed by atoms with van der Waals surface area (Å²) in [6.07, 6.45) is 0. The molecule has 1 heterocycles. The third-order valence-electron chi connectivity index (χ3n) is 3.82. The van der Waals surface area contributed by atoms with Crippen molar-refractivity contribution in [2.75, 3.05) is 0 Å². The van der Waals surface area contributed by atoms with Gasteiger partial charge >= 0.3 is 0 Å². The Morgan fingerprint density at radius 1 is 1.00 bits per heavy atom. The summed E-state index contributed by atoms with van der Waals surface area (Å²) in [6, 6.07) is 18.5. The van der Waals surface area contributed by atoms with Gasteiger partial charge < -0.3 is 4.98 Å². The number of aryl methyl sites for hydroxylation is 1. The summed E-state index contributed by atoms with van der Waals surface area (Å²) in [4.78, 5) is 8.15. The molecule has 1 N–H and O–H groups in total. The Kier molecular flexibility index (Phi) is 2.72. The van der Waals surface area contributed by atoms with Crippen LogP contribution in [0.3, 0.4) is 0 Å². The number of hydrogen-bond donors (Lipinski definition) is 1. The molecular formula is C18H13ClN2. The molecular weight excluding hydrogens is 280 g/mol. The largest absolute Gasteiger partial charge is 0.338 e. The predicted molar refractivity (Wildman–Crippen MR) is 88.8 cm³/mol. The van der Waals surface area contributed by atoms with E-state index in [-0.39, 0.29) is 0 Å². The van der Waals surface area contributed by atoms with Crippen LogP contribution in [0.2, 0.25) is 5.02 Å². The molecule has 102 valence electrons. The van der Waals surface area contributed by atoms with Crippen molar-refractivity contribution in [2.45, 2.75) is 6.92 Å². The van der Waals surface area contributed by atoms with Gasteiger partial charge in [-0.1, -0.05) is 54.1 Å². The van der Waals surface area contributed by atoms with Crippen molar-refractivity contribution in [1.82, 2.24) is 9.97 Å². The highest BCUT2D eigenvalue weighted by Crippen LogP contribution is 2.28. The summed E-state index contributed by atoms with van der Waals surface area (Å²) in [6.45, 7) is 2.00. The van der Waals surface area contributed by atoms with Gasteiger partial charge in [0.2, 0.25) is 0 Å². The van der Waals surface area contributed by atoms with E-state index in [1.54, 1.807) is 0 Å². The Bertz CT molecular complexity index is 969. The molecule has 4 rings (SSSR count). The monoisotopic (exact) mass is 292 g/mol. The highest BCUT2D eigenvalue weighted by atomic mass is 35.5. The maximum Gasteiger partial charge on any atom is 0.138 e. The molecule has 0 atom stereocenters. The second kappa shape index (κ2) is 4.61. The predicted octanol–water partition coefficient (Wildman–Crippen LogP) is 5.34. The smallest absolute Gasteiger partial charge is 0.138 e. The minimum absolute atomic E-state index is 0.762. The van der Waals surface area contributed by atoms with Gasteiger partial charge in [0.15, 0.2) is 0 Å². The van der Waals surface area contributed by atoms with Gasteiger partial charge in [-0.15, -0.1) is 0 Å². The lowest BCUT2D eigenvalue weighted by Crippen LogP contribution is -1.82. The first-order chi connectivity index (χ1) is 10.2. The summed E-state index contributed by atoms with van der Waals surface area (Å²) >= 11 is 6.22. The summed E-state index contributed by atoms with van der Waals surface area (Å²) in [5.74, 6) is 0.850. The van der Waals surface area contributed by atoms with Crippen LogP contribution in [-0.2, 0) is 0 Å². The molecule has 1 aromatic heterocycles. The van der Waals surface area contributed by atoms with E-state index in [0.717, 1.165) is 38.4 Å². The number of rotatable bonds is 1.